The van der Waals surface area contributed by atoms with E-state index in [4.69, 9.17) is 0 Å². The number of benzene rings is 2. The van der Waals surface area contributed by atoms with Crippen LogP contribution in [0.1, 0.15) is 16.7 Å². The minimum Gasteiger partial charge on any atom is -0.267 e. The van der Waals surface area contributed by atoms with Gasteiger partial charge in [0.2, 0.25) is 0 Å². The number of rotatable bonds is 2. The Bertz CT molecular complexity index is 814. The van der Waals surface area contributed by atoms with Gasteiger partial charge < -0.3 is 0 Å². The molecule has 0 aliphatic carbocycles. The van der Waals surface area contributed by atoms with E-state index in [-0.39, 0.29) is 5.56 Å². The minimum absolute atomic E-state index is 0.0396. The molecule has 0 bridgehead atoms. The zero-order chi connectivity index (χ0) is 14.1. The number of fused-ring (bicyclic) bond motifs is 1. The first-order valence-electron chi connectivity index (χ1n) is 6.65. The average Bonchev–Trinajstić information content (AvgIpc) is 2.41. The van der Waals surface area contributed by atoms with E-state index in [9.17, 15) is 4.79 Å². The Morgan fingerprint density at radius 3 is 2.50 bits per heavy atom. The van der Waals surface area contributed by atoms with Gasteiger partial charge in [0, 0.05) is 5.39 Å². The second-order valence-corrected chi connectivity index (χ2v) is 5.19. The maximum absolute atomic E-state index is 12.4. The quantitative estimate of drug-likeness (QED) is 0.713. The van der Waals surface area contributed by atoms with Crippen molar-refractivity contribution in [2.24, 2.45) is 0 Å². The molecular formula is C17H16N2O. The van der Waals surface area contributed by atoms with Crippen molar-refractivity contribution >= 4 is 10.8 Å². The van der Waals surface area contributed by atoms with Crippen LogP contribution in [0.3, 0.4) is 0 Å². The van der Waals surface area contributed by atoms with Crippen LogP contribution < -0.4 is 5.56 Å². The van der Waals surface area contributed by atoms with Crippen molar-refractivity contribution in [2.45, 2.75) is 20.4 Å². The first-order chi connectivity index (χ1) is 9.63. The predicted octanol–water partition coefficient (Wildman–Crippen LogP) is 3.06. The minimum atomic E-state index is -0.0396. The number of aryl methyl sites for hydroxylation is 2. The van der Waals surface area contributed by atoms with E-state index in [1.165, 1.54) is 15.8 Å². The normalized spacial score (nSPS) is 10.9. The van der Waals surface area contributed by atoms with Gasteiger partial charge in [-0.05, 0) is 25.5 Å². The van der Waals surface area contributed by atoms with Crippen LogP contribution in [0.25, 0.3) is 10.8 Å². The lowest BCUT2D eigenvalue weighted by molar-refractivity contribution is 0.647. The molecular weight excluding hydrogens is 248 g/mol. The first-order valence-corrected chi connectivity index (χ1v) is 6.65. The molecule has 1 heterocycles. The van der Waals surface area contributed by atoms with Gasteiger partial charge in [-0.3, -0.25) is 4.79 Å². The molecule has 3 nitrogen and oxygen atoms in total. The van der Waals surface area contributed by atoms with Crippen LogP contribution in [-0.4, -0.2) is 9.78 Å². The van der Waals surface area contributed by atoms with Crippen molar-refractivity contribution < 1.29 is 0 Å². The lowest BCUT2D eigenvalue weighted by atomic mass is 10.1. The van der Waals surface area contributed by atoms with Crippen molar-refractivity contribution in [2.75, 3.05) is 0 Å². The summed E-state index contributed by atoms with van der Waals surface area (Å²) in [4.78, 5) is 12.4. The topological polar surface area (TPSA) is 34.9 Å². The SMILES string of the molecule is Cc1cc(C)cc(Cn2ncc3ccccc3c2=O)c1. The molecule has 3 heteroatoms. The lowest BCUT2D eigenvalue weighted by Gasteiger charge is -2.08. The van der Waals surface area contributed by atoms with Crippen LogP contribution in [-0.2, 0) is 6.54 Å². The summed E-state index contributed by atoms with van der Waals surface area (Å²) in [5.74, 6) is 0. The van der Waals surface area contributed by atoms with E-state index in [0.29, 0.717) is 11.9 Å². The van der Waals surface area contributed by atoms with Gasteiger partial charge in [-0.25, -0.2) is 4.68 Å². The van der Waals surface area contributed by atoms with Crippen LogP contribution in [0.5, 0.6) is 0 Å². The van der Waals surface area contributed by atoms with Crippen molar-refractivity contribution in [3.8, 4) is 0 Å². The highest BCUT2D eigenvalue weighted by molar-refractivity contribution is 5.80. The Morgan fingerprint density at radius 1 is 1.05 bits per heavy atom. The van der Waals surface area contributed by atoms with E-state index in [0.717, 1.165) is 10.9 Å². The Balaban J connectivity index is 2.07. The van der Waals surface area contributed by atoms with Gasteiger partial charge in [0.1, 0.15) is 0 Å². The Hall–Kier alpha value is -2.42. The van der Waals surface area contributed by atoms with Crippen molar-refractivity contribution in [3.63, 3.8) is 0 Å². The Morgan fingerprint density at radius 2 is 1.75 bits per heavy atom. The largest absolute Gasteiger partial charge is 0.274 e. The summed E-state index contributed by atoms with van der Waals surface area (Å²) in [5, 5.41) is 5.86. The average molecular weight is 264 g/mol. The molecule has 0 amide bonds. The molecule has 0 radical (unpaired) electrons. The Labute approximate surface area is 117 Å². The first kappa shape index (κ1) is 12.6. The summed E-state index contributed by atoms with van der Waals surface area (Å²) in [6.07, 6.45) is 1.75. The number of aromatic nitrogens is 2. The third-order valence-electron chi connectivity index (χ3n) is 3.38. The fourth-order valence-electron chi connectivity index (χ4n) is 2.57. The number of hydrogen-bond acceptors (Lipinski definition) is 2. The number of hydrogen-bond donors (Lipinski definition) is 0. The summed E-state index contributed by atoms with van der Waals surface area (Å²) in [5.41, 5.74) is 3.47. The van der Waals surface area contributed by atoms with Crippen molar-refractivity contribution in [1.29, 1.82) is 0 Å². The molecule has 0 spiro atoms. The van der Waals surface area contributed by atoms with Crippen LogP contribution in [0.4, 0.5) is 0 Å². The predicted molar refractivity (Wildman–Crippen MR) is 81.0 cm³/mol. The molecule has 1 aromatic heterocycles. The van der Waals surface area contributed by atoms with E-state index in [2.05, 4.69) is 37.1 Å². The summed E-state index contributed by atoms with van der Waals surface area (Å²) >= 11 is 0. The van der Waals surface area contributed by atoms with Crippen LogP contribution in [0.2, 0.25) is 0 Å². The van der Waals surface area contributed by atoms with Crippen molar-refractivity contribution in [1.82, 2.24) is 9.78 Å². The van der Waals surface area contributed by atoms with Crippen LogP contribution in [0.15, 0.2) is 53.5 Å². The highest BCUT2D eigenvalue weighted by atomic mass is 16.1. The zero-order valence-electron chi connectivity index (χ0n) is 11.6. The fourth-order valence-corrected chi connectivity index (χ4v) is 2.57. The summed E-state index contributed by atoms with van der Waals surface area (Å²) in [7, 11) is 0. The highest BCUT2D eigenvalue weighted by Gasteiger charge is 2.05. The molecule has 0 saturated carbocycles. The Kier molecular flexibility index (Phi) is 3.11. The summed E-state index contributed by atoms with van der Waals surface area (Å²) in [6, 6.07) is 13.9. The summed E-state index contributed by atoms with van der Waals surface area (Å²) in [6.45, 7) is 4.63. The highest BCUT2D eigenvalue weighted by Crippen LogP contribution is 2.11. The second-order valence-electron chi connectivity index (χ2n) is 5.19. The molecule has 0 aliphatic heterocycles. The van der Waals surface area contributed by atoms with E-state index in [1.807, 2.05) is 24.3 Å². The maximum Gasteiger partial charge on any atom is 0.274 e. The fraction of sp³-hybridized carbons (Fsp3) is 0.176. The van der Waals surface area contributed by atoms with E-state index < -0.39 is 0 Å². The molecule has 0 unspecified atom stereocenters. The lowest BCUT2D eigenvalue weighted by Crippen LogP contribution is -2.23. The van der Waals surface area contributed by atoms with Crippen molar-refractivity contribution in [3.05, 3.63) is 75.7 Å². The standard InChI is InChI=1S/C17H16N2O/c1-12-7-13(2)9-14(8-12)11-19-17(20)16-6-4-3-5-15(16)10-18-19/h3-10H,11H2,1-2H3. The molecule has 0 saturated heterocycles. The third-order valence-corrected chi connectivity index (χ3v) is 3.38. The third kappa shape index (κ3) is 2.35. The van der Waals surface area contributed by atoms with Gasteiger partial charge in [-0.15, -0.1) is 0 Å². The van der Waals surface area contributed by atoms with Crippen LogP contribution in [0, 0.1) is 13.8 Å². The zero-order valence-corrected chi connectivity index (χ0v) is 11.6. The molecule has 0 N–H and O–H groups in total. The van der Waals surface area contributed by atoms with E-state index >= 15 is 0 Å². The molecule has 3 rings (SSSR count). The van der Waals surface area contributed by atoms with Gasteiger partial charge in [0.15, 0.2) is 0 Å². The molecule has 100 valence electrons. The summed E-state index contributed by atoms with van der Waals surface area (Å²) < 4.78 is 1.52. The second kappa shape index (κ2) is 4.93. The molecule has 3 aromatic rings. The van der Waals surface area contributed by atoms with Crippen LogP contribution >= 0.6 is 0 Å². The molecule has 0 atom stereocenters. The monoisotopic (exact) mass is 264 g/mol. The van der Waals surface area contributed by atoms with Gasteiger partial charge in [0.05, 0.1) is 18.1 Å². The molecule has 0 aliphatic rings. The molecule has 2 aromatic carbocycles. The number of nitrogens with zero attached hydrogens (tertiary/aromatic N) is 2. The van der Waals surface area contributed by atoms with Gasteiger partial charge in [-0.1, -0.05) is 47.5 Å². The van der Waals surface area contributed by atoms with Gasteiger partial charge >= 0.3 is 0 Å². The maximum atomic E-state index is 12.4. The molecule has 0 fully saturated rings. The molecule has 20 heavy (non-hydrogen) atoms. The van der Waals surface area contributed by atoms with E-state index in [1.54, 1.807) is 6.20 Å². The van der Waals surface area contributed by atoms with Gasteiger partial charge in [0.25, 0.3) is 5.56 Å². The smallest absolute Gasteiger partial charge is 0.267 e. The van der Waals surface area contributed by atoms with Gasteiger partial charge in [-0.2, -0.15) is 5.10 Å².